The number of ether oxygens (including phenoxy) is 1. The predicted octanol–water partition coefficient (Wildman–Crippen LogP) is 1.91. The van der Waals surface area contributed by atoms with Gasteiger partial charge in [-0.3, -0.25) is 0 Å². The zero-order chi connectivity index (χ0) is 18.8. The zero-order valence-electron chi connectivity index (χ0n) is 15.3. The number of nitrogens with zero attached hydrogens (tertiary/aromatic N) is 1. The highest BCUT2D eigenvalue weighted by Crippen LogP contribution is 2.42. The maximum Gasteiger partial charge on any atom is 0.359 e. The molecule has 142 valence electrons. The summed E-state index contributed by atoms with van der Waals surface area (Å²) in [4.78, 5) is 24.1. The molecule has 26 heavy (non-hydrogen) atoms. The van der Waals surface area contributed by atoms with Crippen LogP contribution in [0.3, 0.4) is 0 Å². The molecule has 2 N–H and O–H groups in total. The van der Waals surface area contributed by atoms with E-state index in [-0.39, 0.29) is 18.6 Å². The lowest BCUT2D eigenvalue weighted by Crippen LogP contribution is -2.48. The monoisotopic (exact) mass is 362 g/mol. The minimum absolute atomic E-state index is 0.0135. The summed E-state index contributed by atoms with van der Waals surface area (Å²) >= 11 is 0. The van der Waals surface area contributed by atoms with Crippen molar-refractivity contribution in [2.75, 3.05) is 26.7 Å². The van der Waals surface area contributed by atoms with Crippen molar-refractivity contribution in [2.24, 2.45) is 5.92 Å². The van der Waals surface area contributed by atoms with Crippen LogP contribution in [0.15, 0.2) is 30.3 Å². The SMILES string of the molecule is C[N+]1(CC(=O)O)CC[C@@H](OC(=O)[C@](O)(c2ccccc2)C2CCCC2)C1. The van der Waals surface area contributed by atoms with E-state index in [4.69, 9.17) is 9.84 Å². The molecule has 2 fully saturated rings. The lowest BCUT2D eigenvalue weighted by molar-refractivity contribution is -0.891. The van der Waals surface area contributed by atoms with E-state index >= 15 is 0 Å². The Balaban J connectivity index is 1.76. The fourth-order valence-electron chi connectivity index (χ4n) is 4.49. The fraction of sp³-hybridized carbons (Fsp3) is 0.600. The number of aliphatic carboxylic acids is 1. The number of carboxylic acids is 1. The van der Waals surface area contributed by atoms with Gasteiger partial charge in [0.25, 0.3) is 0 Å². The average molecular weight is 362 g/mol. The smallest absolute Gasteiger partial charge is 0.359 e. The number of likely N-dealkylation sites (tertiary alicyclic amines) is 1. The van der Waals surface area contributed by atoms with Gasteiger partial charge >= 0.3 is 11.9 Å². The van der Waals surface area contributed by atoms with Crippen LogP contribution in [0.25, 0.3) is 0 Å². The molecule has 1 saturated carbocycles. The number of rotatable bonds is 6. The third kappa shape index (κ3) is 3.76. The van der Waals surface area contributed by atoms with Gasteiger partial charge in [-0.2, -0.15) is 0 Å². The van der Waals surface area contributed by atoms with E-state index < -0.39 is 17.5 Å². The van der Waals surface area contributed by atoms with Gasteiger partial charge in [0.15, 0.2) is 18.2 Å². The van der Waals surface area contributed by atoms with Crippen LogP contribution in [0.1, 0.15) is 37.7 Å². The van der Waals surface area contributed by atoms with Crippen molar-refractivity contribution in [3.63, 3.8) is 0 Å². The number of carboxylic acid groups (broad SMARTS) is 1. The lowest BCUT2D eigenvalue weighted by Gasteiger charge is -2.33. The van der Waals surface area contributed by atoms with Crippen LogP contribution in [-0.4, -0.2) is 59.4 Å². The van der Waals surface area contributed by atoms with Crippen LogP contribution in [0.5, 0.6) is 0 Å². The molecule has 6 heteroatoms. The topological polar surface area (TPSA) is 83.8 Å². The molecule has 3 atom stereocenters. The van der Waals surface area contributed by atoms with Crippen molar-refractivity contribution >= 4 is 11.9 Å². The van der Waals surface area contributed by atoms with E-state index in [0.717, 1.165) is 25.7 Å². The molecule has 1 aliphatic carbocycles. The summed E-state index contributed by atoms with van der Waals surface area (Å²) in [7, 11) is 1.86. The van der Waals surface area contributed by atoms with E-state index in [9.17, 15) is 14.7 Å². The fourth-order valence-corrected chi connectivity index (χ4v) is 4.49. The first-order valence-electron chi connectivity index (χ1n) is 9.38. The number of quaternary nitrogens is 1. The highest BCUT2D eigenvalue weighted by Gasteiger charge is 2.49. The lowest BCUT2D eigenvalue weighted by atomic mass is 9.80. The third-order valence-corrected chi connectivity index (χ3v) is 5.90. The van der Waals surface area contributed by atoms with Crippen molar-refractivity contribution in [2.45, 2.75) is 43.8 Å². The first-order valence-corrected chi connectivity index (χ1v) is 9.38. The summed E-state index contributed by atoms with van der Waals surface area (Å²) in [5.74, 6) is -1.59. The van der Waals surface area contributed by atoms with Gasteiger partial charge in [-0.05, 0) is 18.4 Å². The second kappa shape index (κ2) is 7.37. The number of carbonyl (C=O) groups excluding carboxylic acids is 1. The van der Waals surface area contributed by atoms with Gasteiger partial charge in [0.05, 0.1) is 13.6 Å². The Morgan fingerprint density at radius 2 is 1.85 bits per heavy atom. The van der Waals surface area contributed by atoms with Crippen molar-refractivity contribution in [3.8, 4) is 0 Å². The van der Waals surface area contributed by atoms with Crippen LogP contribution < -0.4 is 0 Å². The Labute approximate surface area is 154 Å². The Bertz CT molecular complexity index is 657. The van der Waals surface area contributed by atoms with Gasteiger partial charge in [0.1, 0.15) is 6.54 Å². The van der Waals surface area contributed by atoms with Crippen molar-refractivity contribution in [3.05, 3.63) is 35.9 Å². The first-order chi connectivity index (χ1) is 12.3. The van der Waals surface area contributed by atoms with Crippen LogP contribution in [-0.2, 0) is 19.9 Å². The maximum absolute atomic E-state index is 13.0. The van der Waals surface area contributed by atoms with E-state index in [0.29, 0.717) is 29.6 Å². The van der Waals surface area contributed by atoms with Gasteiger partial charge in [-0.15, -0.1) is 0 Å². The maximum atomic E-state index is 13.0. The summed E-state index contributed by atoms with van der Waals surface area (Å²) in [5, 5.41) is 20.5. The Morgan fingerprint density at radius 1 is 1.19 bits per heavy atom. The second-order valence-electron chi connectivity index (χ2n) is 8.01. The molecule has 0 aromatic heterocycles. The Kier molecular flexibility index (Phi) is 5.34. The molecule has 1 saturated heterocycles. The second-order valence-corrected chi connectivity index (χ2v) is 8.01. The Hall–Kier alpha value is -1.92. The molecule has 3 rings (SSSR count). The van der Waals surface area contributed by atoms with Crippen LogP contribution >= 0.6 is 0 Å². The number of benzene rings is 1. The van der Waals surface area contributed by atoms with E-state index in [1.54, 1.807) is 12.1 Å². The molecule has 1 aromatic rings. The molecule has 1 heterocycles. The summed E-state index contributed by atoms with van der Waals surface area (Å²) < 4.78 is 6.07. The number of hydrogen-bond acceptors (Lipinski definition) is 4. The molecule has 0 spiro atoms. The molecule has 0 amide bonds. The minimum atomic E-state index is -1.63. The molecular weight excluding hydrogens is 334 g/mol. The van der Waals surface area contributed by atoms with Crippen molar-refractivity contribution in [1.82, 2.24) is 0 Å². The van der Waals surface area contributed by atoms with Gasteiger partial charge < -0.3 is 19.4 Å². The predicted molar refractivity (Wildman–Crippen MR) is 95.2 cm³/mol. The zero-order valence-corrected chi connectivity index (χ0v) is 15.3. The van der Waals surface area contributed by atoms with Crippen molar-refractivity contribution < 1.29 is 29.0 Å². The standard InChI is InChI=1S/C20H27NO5/c1-21(14-18(22)23)12-11-17(13-21)26-19(24)20(25,16-9-5-6-10-16)15-7-3-2-4-8-15/h2-4,7-8,16-17,25H,5-6,9-14H2,1H3/p+1/t17-,20+,21?/m1/s1. The first kappa shape index (κ1) is 18.9. The van der Waals surface area contributed by atoms with Crippen LogP contribution in [0, 0.1) is 5.92 Å². The molecular formula is C20H28NO5+. The summed E-state index contributed by atoms with van der Waals surface area (Å²) in [5.41, 5.74) is -1.05. The van der Waals surface area contributed by atoms with Crippen LogP contribution in [0.2, 0.25) is 0 Å². The third-order valence-electron chi connectivity index (χ3n) is 5.90. The normalized spacial score (nSPS) is 28.6. The highest BCUT2D eigenvalue weighted by molar-refractivity contribution is 5.81. The molecule has 1 unspecified atom stereocenters. The van der Waals surface area contributed by atoms with Gasteiger partial charge in [-0.25, -0.2) is 9.59 Å². The number of likely N-dealkylation sites (N-methyl/N-ethyl adjacent to an activating group) is 1. The number of carbonyl (C=O) groups is 2. The average Bonchev–Trinajstić information content (AvgIpc) is 3.25. The largest absolute Gasteiger partial charge is 0.477 e. The number of aliphatic hydroxyl groups is 1. The molecule has 1 aromatic carbocycles. The summed E-state index contributed by atoms with van der Waals surface area (Å²) in [6, 6.07) is 9.05. The molecule has 2 aliphatic rings. The summed E-state index contributed by atoms with van der Waals surface area (Å²) in [6.45, 7) is 1.13. The molecule has 0 radical (unpaired) electrons. The van der Waals surface area contributed by atoms with Gasteiger partial charge in [0, 0.05) is 12.3 Å². The number of esters is 1. The quantitative estimate of drug-likeness (QED) is 0.597. The van der Waals surface area contributed by atoms with E-state index in [2.05, 4.69) is 0 Å². The summed E-state index contributed by atoms with van der Waals surface area (Å²) in [6.07, 6.45) is 3.87. The van der Waals surface area contributed by atoms with Gasteiger partial charge in [0.2, 0.25) is 0 Å². The van der Waals surface area contributed by atoms with Crippen molar-refractivity contribution in [1.29, 1.82) is 0 Å². The molecule has 6 nitrogen and oxygen atoms in total. The minimum Gasteiger partial charge on any atom is -0.477 e. The molecule has 0 bridgehead atoms. The Morgan fingerprint density at radius 3 is 2.46 bits per heavy atom. The number of hydrogen-bond donors (Lipinski definition) is 2. The van der Waals surface area contributed by atoms with E-state index in [1.807, 2.05) is 25.2 Å². The molecule has 1 aliphatic heterocycles. The van der Waals surface area contributed by atoms with Gasteiger partial charge in [-0.1, -0.05) is 43.2 Å². The highest BCUT2D eigenvalue weighted by atomic mass is 16.6. The van der Waals surface area contributed by atoms with E-state index in [1.165, 1.54) is 0 Å². The van der Waals surface area contributed by atoms with Crippen LogP contribution in [0.4, 0.5) is 0 Å².